The van der Waals surface area contributed by atoms with Crippen LogP contribution in [0.5, 0.6) is 0 Å². The van der Waals surface area contributed by atoms with Gasteiger partial charge in [0, 0.05) is 4.91 Å². The Kier molecular flexibility index (Phi) is 10.6. The van der Waals surface area contributed by atoms with Crippen LogP contribution in [0.4, 0.5) is 0 Å². The highest BCUT2D eigenvalue weighted by molar-refractivity contribution is 9.12. The number of carbonyl (C=O) groups excluding carboxylic acids is 1. The molecule has 2 saturated heterocycles. The van der Waals surface area contributed by atoms with Crippen LogP contribution in [-0.4, -0.2) is 74.3 Å². The third-order valence-corrected chi connectivity index (χ3v) is 29.2. The van der Waals surface area contributed by atoms with Gasteiger partial charge in [0.1, 0.15) is 5.60 Å². The number of halogens is 1. The molecule has 12 atom stereocenters. The van der Waals surface area contributed by atoms with E-state index in [4.69, 9.17) is 23.9 Å². The van der Waals surface area contributed by atoms with E-state index in [0.717, 1.165) is 81.8 Å². The van der Waals surface area contributed by atoms with Crippen molar-refractivity contribution in [3.8, 4) is 0 Å². The highest BCUT2D eigenvalue weighted by atomic mass is 79.9. The zero-order valence-corrected chi connectivity index (χ0v) is 43.3. The molecule has 9 nitrogen and oxygen atoms in total. The van der Waals surface area contributed by atoms with Crippen LogP contribution >= 0.6 is 15.9 Å². The number of hydrogen-bond acceptors (Lipinski definition) is 7. The monoisotopic (exact) mass is 947 g/mol. The molecule has 0 amide bonds. The van der Waals surface area contributed by atoms with Gasteiger partial charge in [-0.05, 0) is 204 Å². The third kappa shape index (κ3) is 6.55. The van der Waals surface area contributed by atoms with Crippen molar-refractivity contribution in [1.82, 2.24) is 0 Å². The number of ketones is 1. The molecule has 4 heterocycles. The number of fused-ring (bicyclic) bond motifs is 2. The van der Waals surface area contributed by atoms with Gasteiger partial charge in [0.2, 0.25) is 0 Å². The predicted octanol–water partition coefficient (Wildman–Crippen LogP) is 12.8. The van der Waals surface area contributed by atoms with E-state index in [-0.39, 0.29) is 37.9 Å². The minimum absolute atomic E-state index is 0.0554. The standard InChI is InChI=1S/C25H35BrO3Si.C25H39N3O3Si/c1-22(2,3)30(5,6)28-21-8-7-20-23(21,4)10-9-16-13-17-14-19(27)18(26)15-24(17)11-12-25(16,20)29-24;1-22(2,3)32(5,6)30-21-8-7-20-23(21,4)10-9-16-13-17-14-19(29)18(27-28-26)15-24(17)11-12-25(16,20)31-24/h13-15,20-21H,7-12H2,1-6H3;13-14,18-21,29H,7-12,15H2,1-6H3/t20-,21+,23+,24-,25-;18-,19-,20+,21-,23-,24+,25+/m10/s1. The van der Waals surface area contributed by atoms with E-state index in [2.05, 4.69) is 120 Å². The first kappa shape index (κ1) is 45.5. The van der Waals surface area contributed by atoms with Gasteiger partial charge in [0.25, 0.3) is 0 Å². The molecule has 0 radical (unpaired) electrons. The molecular formula is C50H74BrN3O6Si2. The van der Waals surface area contributed by atoms with E-state index in [1.165, 1.54) is 17.6 Å². The molecule has 4 saturated carbocycles. The molecule has 6 aliphatic carbocycles. The molecule has 12 heteroatoms. The number of aliphatic hydroxyl groups is 1. The molecular weight excluding hydrogens is 875 g/mol. The highest BCUT2D eigenvalue weighted by Crippen LogP contribution is 2.70. The Hall–Kier alpha value is -1.61. The maximum absolute atomic E-state index is 12.3. The summed E-state index contributed by atoms with van der Waals surface area (Å²) in [6, 6.07) is -0.456. The van der Waals surface area contributed by atoms with Gasteiger partial charge in [0.05, 0.1) is 45.6 Å². The first-order valence-electron chi connectivity index (χ1n) is 24.0. The van der Waals surface area contributed by atoms with Gasteiger partial charge in [-0.3, -0.25) is 4.79 Å². The quantitative estimate of drug-likeness (QED) is 0.127. The van der Waals surface area contributed by atoms with Crippen LogP contribution in [0.1, 0.15) is 139 Å². The SMILES string of the molecule is CC(C)(C)[Si](C)(C)O[C@H]1CC[C@@H]2[C@]1(C)CCC1=CC3=CC(=O)C(Br)=C[C@]34CC[C@@]12O4.CC(C)(C)[Si](C)(C)O[C@H]1CC[C@@H]2[C@]1(C)CCC1=CC3=C[C@H](O)[C@@H](N=[N+]=[N-])C[C@]34CC[C@@]12O4. The summed E-state index contributed by atoms with van der Waals surface area (Å²) in [5.74, 6) is 1.00. The third-order valence-electron chi connectivity index (χ3n) is 19.6. The summed E-state index contributed by atoms with van der Waals surface area (Å²) in [4.78, 5) is 15.3. The summed E-state index contributed by atoms with van der Waals surface area (Å²) < 4.78 is 29.0. The lowest BCUT2D eigenvalue weighted by molar-refractivity contribution is -0.151. The van der Waals surface area contributed by atoms with E-state index in [1.807, 2.05) is 12.2 Å². The lowest BCUT2D eigenvalue weighted by Crippen LogP contribution is -2.57. The van der Waals surface area contributed by atoms with Crippen molar-refractivity contribution in [3.63, 3.8) is 0 Å². The number of carbonyl (C=O) groups is 1. The second-order valence-electron chi connectivity index (χ2n) is 24.8. The van der Waals surface area contributed by atoms with Crippen molar-refractivity contribution < 1.29 is 28.2 Å². The Bertz CT molecular complexity index is 2140. The lowest BCUT2D eigenvalue weighted by Gasteiger charge is -2.56. The van der Waals surface area contributed by atoms with Crippen molar-refractivity contribution in [2.45, 2.75) is 222 Å². The van der Waals surface area contributed by atoms with E-state index < -0.39 is 40.0 Å². The summed E-state index contributed by atoms with van der Waals surface area (Å²) in [7, 11) is -3.68. The summed E-state index contributed by atoms with van der Waals surface area (Å²) >= 11 is 3.47. The minimum Gasteiger partial charge on any atom is -0.413 e. The van der Waals surface area contributed by atoms with Crippen LogP contribution < -0.4 is 0 Å². The van der Waals surface area contributed by atoms with Gasteiger partial charge >= 0.3 is 0 Å². The molecule has 4 aliphatic heterocycles. The molecule has 4 spiro atoms. The summed E-state index contributed by atoms with van der Waals surface area (Å²) in [5.41, 5.74) is 13.0. The average Bonchev–Trinajstić information content (AvgIpc) is 3.88. The Morgan fingerprint density at radius 1 is 0.774 bits per heavy atom. The van der Waals surface area contributed by atoms with Gasteiger partial charge in [0.15, 0.2) is 22.4 Å². The number of hydrogen-bond donors (Lipinski definition) is 1. The van der Waals surface area contributed by atoms with Crippen molar-refractivity contribution in [1.29, 1.82) is 0 Å². The summed E-state index contributed by atoms with van der Waals surface area (Å²) in [6.45, 7) is 28.4. The maximum Gasteiger partial charge on any atom is 0.192 e. The first-order chi connectivity index (χ1) is 28.7. The number of ether oxygens (including phenoxy) is 2. The first-order valence-corrected chi connectivity index (χ1v) is 30.6. The largest absolute Gasteiger partial charge is 0.413 e. The van der Waals surface area contributed by atoms with Crippen LogP contribution in [0.2, 0.25) is 36.3 Å². The van der Waals surface area contributed by atoms with Crippen LogP contribution in [0, 0.1) is 22.7 Å². The number of nitrogens with zero attached hydrogens (tertiary/aromatic N) is 3. The smallest absolute Gasteiger partial charge is 0.192 e. The van der Waals surface area contributed by atoms with Crippen molar-refractivity contribution in [2.75, 3.05) is 0 Å². The Morgan fingerprint density at radius 2 is 1.29 bits per heavy atom. The van der Waals surface area contributed by atoms with Gasteiger partial charge in [-0.1, -0.05) is 72.7 Å². The summed E-state index contributed by atoms with van der Waals surface area (Å²) in [5, 5.41) is 14.8. The molecule has 0 unspecified atom stereocenters. The Balaban J connectivity index is 0.000000158. The van der Waals surface area contributed by atoms with Crippen LogP contribution in [0.3, 0.4) is 0 Å². The molecule has 0 aromatic heterocycles. The highest BCUT2D eigenvalue weighted by Gasteiger charge is 2.69. The normalized spacial score (nSPS) is 44.0. The van der Waals surface area contributed by atoms with Crippen molar-refractivity contribution in [3.05, 3.63) is 67.6 Å². The molecule has 0 aromatic rings. The molecule has 10 aliphatic rings. The zero-order valence-electron chi connectivity index (χ0n) is 39.8. The van der Waals surface area contributed by atoms with E-state index in [0.29, 0.717) is 34.9 Å². The number of allylic oxidation sites excluding steroid dienone is 2. The molecule has 4 bridgehead atoms. The van der Waals surface area contributed by atoms with Crippen molar-refractivity contribution >= 4 is 38.3 Å². The number of rotatable bonds is 5. The Morgan fingerprint density at radius 3 is 1.82 bits per heavy atom. The minimum atomic E-state index is -1.86. The van der Waals surface area contributed by atoms with E-state index in [9.17, 15) is 9.90 Å². The fourth-order valence-electron chi connectivity index (χ4n) is 14.0. The van der Waals surface area contributed by atoms with Crippen LogP contribution in [0.25, 0.3) is 10.4 Å². The van der Waals surface area contributed by atoms with Gasteiger partial charge < -0.3 is 23.4 Å². The molecule has 62 heavy (non-hydrogen) atoms. The molecule has 340 valence electrons. The Labute approximate surface area is 382 Å². The van der Waals surface area contributed by atoms with Gasteiger partial charge in [-0.25, -0.2) is 0 Å². The van der Waals surface area contributed by atoms with E-state index >= 15 is 0 Å². The number of aliphatic hydroxyl groups excluding tert-OH is 1. The topological polar surface area (TPSA) is 123 Å². The zero-order chi connectivity index (χ0) is 44.9. The lowest BCUT2D eigenvalue weighted by atomic mass is 9.58. The van der Waals surface area contributed by atoms with Crippen molar-refractivity contribution in [2.24, 2.45) is 27.8 Å². The molecule has 1 N–H and O–H groups in total. The van der Waals surface area contributed by atoms with Gasteiger partial charge in [-0.15, -0.1) is 0 Å². The molecule has 6 fully saturated rings. The average molecular weight is 949 g/mol. The number of azide groups is 1. The molecule has 10 rings (SSSR count). The second-order valence-corrected chi connectivity index (χ2v) is 35.1. The summed E-state index contributed by atoms with van der Waals surface area (Å²) in [6.07, 6.45) is 23.7. The molecule has 0 aromatic carbocycles. The fourth-order valence-corrected chi connectivity index (χ4v) is 17.4. The maximum atomic E-state index is 12.3. The second kappa shape index (κ2) is 14.4. The fraction of sp³-hybridized carbons (Fsp3) is 0.780. The predicted molar refractivity (Wildman–Crippen MR) is 254 cm³/mol. The van der Waals surface area contributed by atoms with Crippen LogP contribution in [0.15, 0.2) is 62.3 Å². The van der Waals surface area contributed by atoms with E-state index in [1.54, 1.807) is 6.08 Å². The van der Waals surface area contributed by atoms with Gasteiger partial charge in [-0.2, -0.15) is 0 Å². The van der Waals surface area contributed by atoms with Crippen LogP contribution in [-0.2, 0) is 23.1 Å².